The summed E-state index contributed by atoms with van der Waals surface area (Å²) in [7, 11) is 1.86. The first-order valence-corrected chi connectivity index (χ1v) is 6.31. The molecule has 0 spiro atoms. The number of nitrogens with zero attached hydrogens (tertiary/aromatic N) is 1. The fourth-order valence-electron chi connectivity index (χ4n) is 3.04. The molecule has 0 amide bonds. The third-order valence-corrected chi connectivity index (χ3v) is 3.81. The molecule has 3 heteroatoms. The number of methoxy groups -OCH3 is 1. The molecule has 3 nitrogen and oxygen atoms in total. The lowest BCUT2D eigenvalue weighted by molar-refractivity contribution is 0.0327. The summed E-state index contributed by atoms with van der Waals surface area (Å²) in [5.74, 6) is 0. The van der Waals surface area contributed by atoms with E-state index in [2.05, 4.69) is 17.1 Å². The van der Waals surface area contributed by atoms with Crippen LogP contribution in [0.4, 0.5) is 0 Å². The molecule has 0 aromatic heterocycles. The van der Waals surface area contributed by atoms with Gasteiger partial charge >= 0.3 is 0 Å². The molecular formula is C12H24N2O. The van der Waals surface area contributed by atoms with Gasteiger partial charge in [0, 0.05) is 25.7 Å². The lowest BCUT2D eigenvalue weighted by Crippen LogP contribution is -2.45. The van der Waals surface area contributed by atoms with Gasteiger partial charge in [-0.2, -0.15) is 0 Å². The van der Waals surface area contributed by atoms with E-state index in [1.807, 2.05) is 7.11 Å². The summed E-state index contributed by atoms with van der Waals surface area (Å²) in [4.78, 5) is 2.64. The summed E-state index contributed by atoms with van der Waals surface area (Å²) in [6, 6.07) is 1.31. The van der Waals surface area contributed by atoms with E-state index in [-0.39, 0.29) is 0 Å². The second-order valence-corrected chi connectivity index (χ2v) is 4.98. The molecule has 0 aromatic rings. The van der Waals surface area contributed by atoms with E-state index in [0.29, 0.717) is 18.2 Å². The SMILES string of the molecule is COC1CCCC1N1CCCNC(C)C1. The maximum Gasteiger partial charge on any atom is 0.0726 e. The first kappa shape index (κ1) is 11.4. The summed E-state index contributed by atoms with van der Waals surface area (Å²) in [5, 5.41) is 3.55. The minimum Gasteiger partial charge on any atom is -0.380 e. The predicted octanol–water partition coefficient (Wildman–Crippen LogP) is 1.24. The van der Waals surface area contributed by atoms with E-state index < -0.39 is 0 Å². The molecule has 1 aliphatic heterocycles. The minimum atomic E-state index is 0.482. The van der Waals surface area contributed by atoms with E-state index in [4.69, 9.17) is 4.74 Å². The third-order valence-electron chi connectivity index (χ3n) is 3.81. The van der Waals surface area contributed by atoms with E-state index in [1.165, 1.54) is 45.3 Å². The molecule has 2 aliphatic rings. The molecule has 0 bridgehead atoms. The Morgan fingerprint density at radius 1 is 1.27 bits per heavy atom. The van der Waals surface area contributed by atoms with Crippen molar-refractivity contribution in [3.8, 4) is 0 Å². The molecule has 1 N–H and O–H groups in total. The summed E-state index contributed by atoms with van der Waals surface area (Å²) in [6.07, 6.45) is 5.67. The molecule has 1 saturated heterocycles. The molecule has 1 heterocycles. The van der Waals surface area contributed by atoms with E-state index >= 15 is 0 Å². The highest BCUT2D eigenvalue weighted by Gasteiger charge is 2.33. The van der Waals surface area contributed by atoms with Gasteiger partial charge in [-0.3, -0.25) is 4.90 Å². The van der Waals surface area contributed by atoms with Crippen LogP contribution in [-0.2, 0) is 4.74 Å². The van der Waals surface area contributed by atoms with Crippen LogP contribution in [-0.4, -0.2) is 49.8 Å². The van der Waals surface area contributed by atoms with Crippen molar-refractivity contribution in [2.24, 2.45) is 0 Å². The van der Waals surface area contributed by atoms with Crippen LogP contribution in [0.3, 0.4) is 0 Å². The van der Waals surface area contributed by atoms with Crippen LogP contribution in [0.5, 0.6) is 0 Å². The average molecular weight is 212 g/mol. The van der Waals surface area contributed by atoms with Gasteiger partial charge < -0.3 is 10.1 Å². The van der Waals surface area contributed by atoms with Crippen molar-refractivity contribution in [3.05, 3.63) is 0 Å². The average Bonchev–Trinajstić information content (AvgIpc) is 2.61. The zero-order valence-corrected chi connectivity index (χ0v) is 10.0. The molecule has 3 unspecified atom stereocenters. The molecule has 0 radical (unpaired) electrons. The predicted molar refractivity (Wildman–Crippen MR) is 62.1 cm³/mol. The first-order valence-electron chi connectivity index (χ1n) is 6.31. The molecule has 1 saturated carbocycles. The maximum absolute atomic E-state index is 5.59. The standard InChI is InChI=1S/C12H24N2O/c1-10-9-14(8-4-7-13-10)11-5-3-6-12(11)15-2/h10-13H,3-9H2,1-2H3. The van der Waals surface area contributed by atoms with Crippen LogP contribution in [0.15, 0.2) is 0 Å². The number of hydrogen-bond acceptors (Lipinski definition) is 3. The van der Waals surface area contributed by atoms with Gasteiger partial charge in [0.05, 0.1) is 6.10 Å². The lowest BCUT2D eigenvalue weighted by Gasteiger charge is -2.32. The van der Waals surface area contributed by atoms with Crippen molar-refractivity contribution in [1.29, 1.82) is 0 Å². The van der Waals surface area contributed by atoms with Gasteiger partial charge in [0.15, 0.2) is 0 Å². The normalized spacial score (nSPS) is 39.2. The third kappa shape index (κ3) is 2.71. The Balaban J connectivity index is 1.95. The van der Waals surface area contributed by atoms with Crippen molar-refractivity contribution >= 4 is 0 Å². The van der Waals surface area contributed by atoms with Gasteiger partial charge in [0.2, 0.25) is 0 Å². The quantitative estimate of drug-likeness (QED) is 0.745. The van der Waals surface area contributed by atoms with Gasteiger partial charge in [-0.25, -0.2) is 0 Å². The second-order valence-electron chi connectivity index (χ2n) is 4.98. The van der Waals surface area contributed by atoms with Gasteiger partial charge in [0.25, 0.3) is 0 Å². The summed E-state index contributed by atoms with van der Waals surface area (Å²) in [5.41, 5.74) is 0. The number of nitrogens with one attached hydrogen (secondary N) is 1. The lowest BCUT2D eigenvalue weighted by atomic mass is 10.1. The van der Waals surface area contributed by atoms with E-state index in [9.17, 15) is 0 Å². The smallest absolute Gasteiger partial charge is 0.0726 e. The highest BCUT2D eigenvalue weighted by Crippen LogP contribution is 2.27. The Labute approximate surface area is 93.2 Å². The van der Waals surface area contributed by atoms with Crippen LogP contribution in [0.1, 0.15) is 32.6 Å². The molecule has 1 aliphatic carbocycles. The van der Waals surface area contributed by atoms with Crippen LogP contribution in [0.2, 0.25) is 0 Å². The number of ether oxygens (including phenoxy) is 1. The zero-order valence-electron chi connectivity index (χ0n) is 10.0. The Bertz CT molecular complexity index is 198. The van der Waals surface area contributed by atoms with Crippen molar-refractivity contribution in [1.82, 2.24) is 10.2 Å². The Morgan fingerprint density at radius 2 is 2.13 bits per heavy atom. The zero-order chi connectivity index (χ0) is 10.7. The van der Waals surface area contributed by atoms with Gasteiger partial charge in [-0.15, -0.1) is 0 Å². The minimum absolute atomic E-state index is 0.482. The molecule has 0 aromatic carbocycles. The van der Waals surface area contributed by atoms with Crippen molar-refractivity contribution < 1.29 is 4.74 Å². The van der Waals surface area contributed by atoms with Crippen LogP contribution >= 0.6 is 0 Å². The largest absolute Gasteiger partial charge is 0.380 e. The van der Waals surface area contributed by atoms with Crippen LogP contribution in [0, 0.1) is 0 Å². The Hall–Kier alpha value is -0.120. The number of rotatable bonds is 2. The monoisotopic (exact) mass is 212 g/mol. The van der Waals surface area contributed by atoms with Crippen LogP contribution < -0.4 is 5.32 Å². The Kier molecular flexibility index (Phi) is 4.00. The molecule has 15 heavy (non-hydrogen) atoms. The maximum atomic E-state index is 5.59. The van der Waals surface area contributed by atoms with Gasteiger partial charge in [-0.05, 0) is 45.7 Å². The summed E-state index contributed by atoms with van der Waals surface area (Å²) in [6.45, 7) is 5.88. The molecule has 3 atom stereocenters. The Morgan fingerprint density at radius 3 is 2.93 bits per heavy atom. The van der Waals surface area contributed by atoms with Gasteiger partial charge in [0.1, 0.15) is 0 Å². The molecule has 88 valence electrons. The van der Waals surface area contributed by atoms with Crippen molar-refractivity contribution in [2.75, 3.05) is 26.7 Å². The van der Waals surface area contributed by atoms with Crippen molar-refractivity contribution in [3.63, 3.8) is 0 Å². The fourth-order valence-corrected chi connectivity index (χ4v) is 3.04. The molecule has 2 rings (SSSR count). The topological polar surface area (TPSA) is 24.5 Å². The van der Waals surface area contributed by atoms with E-state index in [1.54, 1.807) is 0 Å². The summed E-state index contributed by atoms with van der Waals surface area (Å²) >= 11 is 0. The highest BCUT2D eigenvalue weighted by atomic mass is 16.5. The number of hydrogen-bond donors (Lipinski definition) is 1. The second kappa shape index (κ2) is 5.28. The van der Waals surface area contributed by atoms with E-state index in [0.717, 1.165) is 0 Å². The van der Waals surface area contributed by atoms with Gasteiger partial charge in [-0.1, -0.05) is 0 Å². The summed E-state index contributed by atoms with van der Waals surface area (Å²) < 4.78 is 5.59. The first-order chi connectivity index (χ1) is 7.31. The van der Waals surface area contributed by atoms with Crippen molar-refractivity contribution in [2.45, 2.75) is 50.8 Å². The highest BCUT2D eigenvalue weighted by molar-refractivity contribution is 4.88. The molecule has 2 fully saturated rings. The molecular weight excluding hydrogens is 188 g/mol. The fraction of sp³-hybridized carbons (Fsp3) is 1.00. The van der Waals surface area contributed by atoms with Crippen LogP contribution in [0.25, 0.3) is 0 Å².